The summed E-state index contributed by atoms with van der Waals surface area (Å²) in [5.74, 6) is 0.228. The molecule has 0 aliphatic carbocycles. The van der Waals surface area contributed by atoms with E-state index in [-0.39, 0.29) is 5.91 Å². The first-order valence-electron chi connectivity index (χ1n) is 9.96. The van der Waals surface area contributed by atoms with Crippen LogP contribution in [-0.2, 0) is 16.8 Å². The molecule has 142 valence electrons. The van der Waals surface area contributed by atoms with Crippen LogP contribution in [0.15, 0.2) is 54.6 Å². The fourth-order valence-electron chi connectivity index (χ4n) is 4.28. The van der Waals surface area contributed by atoms with Gasteiger partial charge in [0.1, 0.15) is 0 Å². The standard InChI is InChI=1S/C23H29N3O/c1-23(2)20-10-6-7-11-21(20)26(22(23)27)17-16-24-12-14-25(15-13-24)18-19-8-4-3-5-9-19/h3-11H,12-18H2,1-2H3. The van der Waals surface area contributed by atoms with Crippen LogP contribution in [0.1, 0.15) is 25.0 Å². The summed E-state index contributed by atoms with van der Waals surface area (Å²) in [5.41, 5.74) is 3.22. The lowest BCUT2D eigenvalue weighted by atomic mass is 9.86. The molecule has 2 heterocycles. The minimum atomic E-state index is -0.412. The predicted octanol–water partition coefficient (Wildman–Crippen LogP) is 3.13. The van der Waals surface area contributed by atoms with Gasteiger partial charge in [0, 0.05) is 51.5 Å². The van der Waals surface area contributed by atoms with Gasteiger partial charge in [0.2, 0.25) is 5.91 Å². The highest BCUT2D eigenvalue weighted by atomic mass is 16.2. The molecule has 1 fully saturated rings. The number of carbonyl (C=O) groups is 1. The van der Waals surface area contributed by atoms with E-state index in [4.69, 9.17) is 0 Å². The van der Waals surface area contributed by atoms with Crippen molar-refractivity contribution in [2.24, 2.45) is 0 Å². The van der Waals surface area contributed by atoms with Crippen LogP contribution in [0.5, 0.6) is 0 Å². The van der Waals surface area contributed by atoms with Gasteiger partial charge in [-0.05, 0) is 31.0 Å². The summed E-state index contributed by atoms with van der Waals surface area (Å²) in [5, 5.41) is 0. The Morgan fingerprint density at radius 3 is 2.19 bits per heavy atom. The van der Waals surface area contributed by atoms with Gasteiger partial charge in [-0.25, -0.2) is 0 Å². The second-order valence-corrected chi connectivity index (χ2v) is 8.20. The summed E-state index contributed by atoms with van der Waals surface area (Å²) in [7, 11) is 0. The van der Waals surface area contributed by atoms with E-state index < -0.39 is 5.41 Å². The molecule has 4 nitrogen and oxygen atoms in total. The molecule has 1 amide bonds. The van der Waals surface area contributed by atoms with Gasteiger partial charge in [-0.15, -0.1) is 0 Å². The molecule has 0 atom stereocenters. The van der Waals surface area contributed by atoms with E-state index in [2.05, 4.69) is 52.3 Å². The van der Waals surface area contributed by atoms with E-state index in [9.17, 15) is 4.79 Å². The molecule has 4 rings (SSSR count). The molecule has 0 spiro atoms. The maximum Gasteiger partial charge on any atom is 0.237 e. The van der Waals surface area contributed by atoms with E-state index in [1.165, 1.54) is 5.56 Å². The number of anilines is 1. The molecular formula is C23H29N3O. The minimum Gasteiger partial charge on any atom is -0.310 e. The Bertz CT molecular complexity index is 794. The second kappa shape index (κ2) is 7.45. The van der Waals surface area contributed by atoms with Gasteiger partial charge in [-0.1, -0.05) is 48.5 Å². The fourth-order valence-corrected chi connectivity index (χ4v) is 4.28. The van der Waals surface area contributed by atoms with Crippen LogP contribution < -0.4 is 4.90 Å². The van der Waals surface area contributed by atoms with Crippen molar-refractivity contribution in [2.75, 3.05) is 44.2 Å². The molecule has 0 aromatic heterocycles. The molecule has 27 heavy (non-hydrogen) atoms. The summed E-state index contributed by atoms with van der Waals surface area (Å²) in [6.45, 7) is 11.1. The summed E-state index contributed by atoms with van der Waals surface area (Å²) < 4.78 is 0. The average molecular weight is 364 g/mol. The monoisotopic (exact) mass is 363 g/mol. The molecule has 1 saturated heterocycles. The van der Waals surface area contributed by atoms with E-state index in [1.54, 1.807) is 0 Å². The number of amides is 1. The molecule has 2 aromatic rings. The Morgan fingerprint density at radius 2 is 1.44 bits per heavy atom. The van der Waals surface area contributed by atoms with Gasteiger partial charge in [0.05, 0.1) is 5.41 Å². The topological polar surface area (TPSA) is 26.8 Å². The molecule has 0 unspecified atom stereocenters. The van der Waals surface area contributed by atoms with E-state index >= 15 is 0 Å². The van der Waals surface area contributed by atoms with Crippen LogP contribution in [0, 0.1) is 0 Å². The first kappa shape index (κ1) is 18.2. The smallest absolute Gasteiger partial charge is 0.237 e. The molecule has 2 aliphatic rings. The van der Waals surface area contributed by atoms with Crippen molar-refractivity contribution in [3.05, 3.63) is 65.7 Å². The molecule has 2 aromatic carbocycles. The number of nitrogens with zero attached hydrogens (tertiary/aromatic N) is 3. The quantitative estimate of drug-likeness (QED) is 0.817. The number of rotatable bonds is 5. The van der Waals surface area contributed by atoms with Crippen LogP contribution >= 0.6 is 0 Å². The van der Waals surface area contributed by atoms with Crippen molar-refractivity contribution in [3.8, 4) is 0 Å². The number of hydrogen-bond donors (Lipinski definition) is 0. The number of piperazine rings is 1. The Balaban J connectivity index is 1.31. The maximum absolute atomic E-state index is 12.9. The third-order valence-electron chi connectivity index (χ3n) is 6.00. The van der Waals surface area contributed by atoms with E-state index in [0.29, 0.717) is 0 Å². The number of fused-ring (bicyclic) bond motifs is 1. The van der Waals surface area contributed by atoms with Crippen LogP contribution in [0.2, 0.25) is 0 Å². The number of hydrogen-bond acceptors (Lipinski definition) is 3. The van der Waals surface area contributed by atoms with Crippen molar-refractivity contribution in [2.45, 2.75) is 25.8 Å². The fraction of sp³-hybridized carbons (Fsp3) is 0.435. The predicted molar refractivity (Wildman–Crippen MR) is 110 cm³/mol. The minimum absolute atomic E-state index is 0.228. The van der Waals surface area contributed by atoms with Gasteiger partial charge >= 0.3 is 0 Å². The van der Waals surface area contributed by atoms with Crippen molar-refractivity contribution in [1.82, 2.24) is 9.80 Å². The van der Waals surface area contributed by atoms with Crippen molar-refractivity contribution < 1.29 is 4.79 Å². The first-order chi connectivity index (χ1) is 13.1. The lowest BCUT2D eigenvalue weighted by Crippen LogP contribution is -2.49. The van der Waals surface area contributed by atoms with Gasteiger partial charge in [-0.3, -0.25) is 14.6 Å². The van der Waals surface area contributed by atoms with Crippen molar-refractivity contribution in [1.29, 1.82) is 0 Å². The highest BCUT2D eigenvalue weighted by Crippen LogP contribution is 2.41. The normalized spacial score (nSPS) is 20.1. The molecule has 0 N–H and O–H groups in total. The van der Waals surface area contributed by atoms with Gasteiger partial charge in [-0.2, -0.15) is 0 Å². The highest BCUT2D eigenvalue weighted by Gasteiger charge is 2.43. The Kier molecular flexibility index (Phi) is 5.02. The molecular weight excluding hydrogens is 334 g/mol. The number of carbonyl (C=O) groups excluding carboxylic acids is 1. The summed E-state index contributed by atoms with van der Waals surface area (Å²) in [6.07, 6.45) is 0. The van der Waals surface area contributed by atoms with Crippen LogP contribution in [-0.4, -0.2) is 55.0 Å². The zero-order valence-corrected chi connectivity index (χ0v) is 16.4. The highest BCUT2D eigenvalue weighted by molar-refractivity contribution is 6.07. The number of benzene rings is 2. The lowest BCUT2D eigenvalue weighted by Gasteiger charge is -2.35. The Hall–Kier alpha value is -2.17. The molecule has 0 radical (unpaired) electrons. The Morgan fingerprint density at radius 1 is 0.815 bits per heavy atom. The van der Waals surface area contributed by atoms with Crippen LogP contribution in [0.3, 0.4) is 0 Å². The Labute approximate surface area is 162 Å². The summed E-state index contributed by atoms with van der Waals surface area (Å²) in [6, 6.07) is 18.9. The van der Waals surface area contributed by atoms with Crippen molar-refractivity contribution in [3.63, 3.8) is 0 Å². The molecule has 0 saturated carbocycles. The van der Waals surface area contributed by atoms with Crippen LogP contribution in [0.25, 0.3) is 0 Å². The zero-order chi connectivity index (χ0) is 18.9. The van der Waals surface area contributed by atoms with Gasteiger partial charge < -0.3 is 4.90 Å². The van der Waals surface area contributed by atoms with Gasteiger partial charge in [0.15, 0.2) is 0 Å². The maximum atomic E-state index is 12.9. The lowest BCUT2D eigenvalue weighted by molar-refractivity contribution is -0.122. The average Bonchev–Trinajstić information content (AvgIpc) is 2.89. The third kappa shape index (κ3) is 3.64. The largest absolute Gasteiger partial charge is 0.310 e. The summed E-state index contributed by atoms with van der Waals surface area (Å²) >= 11 is 0. The SMILES string of the molecule is CC1(C)C(=O)N(CCN2CCN(Cc3ccccc3)CC2)c2ccccc21. The molecule has 2 aliphatic heterocycles. The second-order valence-electron chi connectivity index (χ2n) is 8.20. The zero-order valence-electron chi connectivity index (χ0n) is 16.4. The number of para-hydroxylation sites is 1. The van der Waals surface area contributed by atoms with E-state index in [0.717, 1.165) is 57.1 Å². The first-order valence-corrected chi connectivity index (χ1v) is 9.96. The van der Waals surface area contributed by atoms with Gasteiger partial charge in [0.25, 0.3) is 0 Å². The third-order valence-corrected chi connectivity index (χ3v) is 6.00. The summed E-state index contributed by atoms with van der Waals surface area (Å²) in [4.78, 5) is 19.9. The molecule has 4 heteroatoms. The van der Waals surface area contributed by atoms with Crippen molar-refractivity contribution >= 4 is 11.6 Å². The molecule has 0 bridgehead atoms. The van der Waals surface area contributed by atoms with E-state index in [1.807, 2.05) is 30.9 Å². The van der Waals surface area contributed by atoms with Crippen LogP contribution in [0.4, 0.5) is 5.69 Å².